The van der Waals surface area contributed by atoms with E-state index in [1.54, 1.807) is 11.8 Å². The highest BCUT2D eigenvalue weighted by molar-refractivity contribution is 8.01. The van der Waals surface area contributed by atoms with Crippen molar-refractivity contribution in [3.05, 3.63) is 0 Å². The third-order valence-electron chi connectivity index (χ3n) is 1.64. The summed E-state index contributed by atoms with van der Waals surface area (Å²) in [4.78, 5) is 11.4. The van der Waals surface area contributed by atoms with Crippen LogP contribution >= 0.6 is 11.8 Å². The summed E-state index contributed by atoms with van der Waals surface area (Å²) in [5, 5.41) is 6.14. The van der Waals surface area contributed by atoms with E-state index in [1.807, 2.05) is 0 Å². The van der Waals surface area contributed by atoms with E-state index in [0.717, 1.165) is 6.54 Å². The fourth-order valence-electron chi connectivity index (χ4n) is 0.896. The van der Waals surface area contributed by atoms with Crippen molar-refractivity contribution in [1.29, 1.82) is 0 Å². The van der Waals surface area contributed by atoms with Crippen LogP contribution < -0.4 is 10.6 Å². The SMILES string of the molecule is CC(C)NCCNC(=O)CSC(C)(C)C. The Labute approximate surface area is 97.8 Å². The van der Waals surface area contributed by atoms with Crippen LogP contribution in [0.2, 0.25) is 0 Å². The van der Waals surface area contributed by atoms with Crippen molar-refractivity contribution in [2.45, 2.75) is 45.4 Å². The lowest BCUT2D eigenvalue weighted by Crippen LogP contribution is -2.35. The van der Waals surface area contributed by atoms with Crippen molar-refractivity contribution in [1.82, 2.24) is 10.6 Å². The summed E-state index contributed by atoms with van der Waals surface area (Å²) in [6.45, 7) is 12.1. The first-order valence-electron chi connectivity index (χ1n) is 5.45. The Hall–Kier alpha value is -0.220. The van der Waals surface area contributed by atoms with Gasteiger partial charge in [0.2, 0.25) is 5.91 Å². The molecule has 0 aliphatic carbocycles. The Morgan fingerprint density at radius 3 is 2.33 bits per heavy atom. The molecule has 0 spiro atoms. The Kier molecular flexibility index (Phi) is 7.02. The molecule has 3 nitrogen and oxygen atoms in total. The summed E-state index contributed by atoms with van der Waals surface area (Å²) in [6.07, 6.45) is 0. The summed E-state index contributed by atoms with van der Waals surface area (Å²) < 4.78 is 0.160. The zero-order valence-electron chi connectivity index (χ0n) is 10.5. The van der Waals surface area contributed by atoms with Crippen LogP contribution in [0.4, 0.5) is 0 Å². The van der Waals surface area contributed by atoms with Crippen LogP contribution in [0.1, 0.15) is 34.6 Å². The monoisotopic (exact) mass is 232 g/mol. The predicted molar refractivity (Wildman–Crippen MR) is 68.4 cm³/mol. The van der Waals surface area contributed by atoms with Crippen molar-refractivity contribution in [2.24, 2.45) is 0 Å². The zero-order valence-corrected chi connectivity index (χ0v) is 11.3. The first kappa shape index (κ1) is 14.8. The van der Waals surface area contributed by atoms with E-state index >= 15 is 0 Å². The molecule has 0 aromatic rings. The lowest BCUT2D eigenvalue weighted by Gasteiger charge is -2.17. The molecule has 0 aliphatic rings. The molecular weight excluding hydrogens is 208 g/mol. The molecule has 0 aliphatic heterocycles. The molecule has 0 unspecified atom stereocenters. The largest absolute Gasteiger partial charge is 0.354 e. The summed E-state index contributed by atoms with van der Waals surface area (Å²) in [7, 11) is 0. The number of carbonyl (C=O) groups excluding carboxylic acids is 1. The summed E-state index contributed by atoms with van der Waals surface area (Å²) >= 11 is 1.67. The van der Waals surface area contributed by atoms with Gasteiger partial charge in [-0.3, -0.25) is 4.79 Å². The molecule has 0 heterocycles. The fourth-order valence-corrected chi connectivity index (χ4v) is 1.56. The molecule has 0 fully saturated rings. The summed E-state index contributed by atoms with van der Waals surface area (Å²) in [6, 6.07) is 0.478. The van der Waals surface area contributed by atoms with E-state index < -0.39 is 0 Å². The molecule has 0 radical (unpaired) electrons. The highest BCUT2D eigenvalue weighted by Crippen LogP contribution is 2.22. The van der Waals surface area contributed by atoms with E-state index in [2.05, 4.69) is 45.3 Å². The lowest BCUT2D eigenvalue weighted by molar-refractivity contribution is -0.118. The average molecular weight is 232 g/mol. The van der Waals surface area contributed by atoms with Gasteiger partial charge < -0.3 is 10.6 Å². The molecule has 1 amide bonds. The smallest absolute Gasteiger partial charge is 0.230 e. The van der Waals surface area contributed by atoms with Gasteiger partial charge in [-0.1, -0.05) is 34.6 Å². The number of hydrogen-bond donors (Lipinski definition) is 2. The number of nitrogens with one attached hydrogen (secondary N) is 2. The molecule has 0 atom stereocenters. The van der Waals surface area contributed by atoms with Crippen LogP contribution in [0.3, 0.4) is 0 Å². The van der Waals surface area contributed by atoms with Gasteiger partial charge in [0.1, 0.15) is 0 Å². The van der Waals surface area contributed by atoms with Crippen LogP contribution in [-0.4, -0.2) is 35.5 Å². The minimum atomic E-state index is 0.125. The van der Waals surface area contributed by atoms with Gasteiger partial charge in [-0.05, 0) is 0 Å². The lowest BCUT2D eigenvalue weighted by atomic mass is 10.3. The van der Waals surface area contributed by atoms with Gasteiger partial charge in [0.25, 0.3) is 0 Å². The number of hydrogen-bond acceptors (Lipinski definition) is 3. The van der Waals surface area contributed by atoms with Crippen molar-refractivity contribution < 1.29 is 4.79 Å². The maximum absolute atomic E-state index is 11.4. The number of thioether (sulfide) groups is 1. The maximum Gasteiger partial charge on any atom is 0.230 e. The first-order valence-corrected chi connectivity index (χ1v) is 6.44. The van der Waals surface area contributed by atoms with E-state index in [-0.39, 0.29) is 10.7 Å². The molecule has 0 rings (SSSR count). The maximum atomic E-state index is 11.4. The topological polar surface area (TPSA) is 41.1 Å². The number of amides is 1. The summed E-state index contributed by atoms with van der Waals surface area (Å²) in [5.41, 5.74) is 0. The van der Waals surface area contributed by atoms with Gasteiger partial charge >= 0.3 is 0 Å². The Bertz CT molecular complexity index is 188. The van der Waals surface area contributed by atoms with E-state index in [9.17, 15) is 4.79 Å². The highest BCUT2D eigenvalue weighted by Gasteiger charge is 2.12. The van der Waals surface area contributed by atoms with E-state index in [1.165, 1.54) is 0 Å². The van der Waals surface area contributed by atoms with E-state index in [0.29, 0.717) is 18.3 Å². The highest BCUT2D eigenvalue weighted by atomic mass is 32.2. The summed E-state index contributed by atoms with van der Waals surface area (Å²) in [5.74, 6) is 0.672. The third kappa shape index (κ3) is 11.7. The molecule has 4 heteroatoms. The van der Waals surface area contributed by atoms with Crippen molar-refractivity contribution in [3.63, 3.8) is 0 Å². The van der Waals surface area contributed by atoms with Gasteiger partial charge in [-0.15, -0.1) is 11.8 Å². The normalized spacial score (nSPS) is 11.9. The molecule has 15 heavy (non-hydrogen) atoms. The van der Waals surface area contributed by atoms with Crippen LogP contribution in [-0.2, 0) is 4.79 Å². The minimum absolute atomic E-state index is 0.125. The standard InChI is InChI=1S/C11H24N2OS/c1-9(2)12-6-7-13-10(14)8-15-11(3,4)5/h9,12H,6-8H2,1-5H3,(H,13,14). The molecular formula is C11H24N2OS. The molecule has 0 saturated carbocycles. The van der Waals surface area contributed by atoms with Crippen LogP contribution in [0, 0.1) is 0 Å². The first-order chi connectivity index (χ1) is 6.81. The second-order valence-corrected chi connectivity index (χ2v) is 6.66. The van der Waals surface area contributed by atoms with Crippen molar-refractivity contribution in [3.8, 4) is 0 Å². The average Bonchev–Trinajstić information content (AvgIpc) is 2.07. The zero-order chi connectivity index (χ0) is 11.9. The molecule has 0 saturated heterocycles. The quantitative estimate of drug-likeness (QED) is 0.684. The van der Waals surface area contributed by atoms with Crippen LogP contribution in [0.15, 0.2) is 0 Å². The number of carbonyl (C=O) groups is 1. The van der Waals surface area contributed by atoms with Crippen LogP contribution in [0.25, 0.3) is 0 Å². The third-order valence-corrected chi connectivity index (χ3v) is 2.91. The van der Waals surface area contributed by atoms with Crippen molar-refractivity contribution >= 4 is 17.7 Å². The van der Waals surface area contributed by atoms with Gasteiger partial charge in [-0.25, -0.2) is 0 Å². The Morgan fingerprint density at radius 2 is 1.87 bits per heavy atom. The molecule has 2 N–H and O–H groups in total. The van der Waals surface area contributed by atoms with Gasteiger partial charge in [-0.2, -0.15) is 0 Å². The molecule has 90 valence electrons. The second-order valence-electron chi connectivity index (χ2n) is 4.86. The minimum Gasteiger partial charge on any atom is -0.354 e. The fraction of sp³-hybridized carbons (Fsp3) is 0.909. The van der Waals surface area contributed by atoms with Gasteiger partial charge in [0.05, 0.1) is 5.75 Å². The number of rotatable bonds is 6. The molecule has 0 aromatic carbocycles. The Morgan fingerprint density at radius 1 is 1.27 bits per heavy atom. The van der Waals surface area contributed by atoms with Crippen molar-refractivity contribution in [2.75, 3.05) is 18.8 Å². The van der Waals surface area contributed by atoms with Gasteiger partial charge in [0.15, 0.2) is 0 Å². The van der Waals surface area contributed by atoms with E-state index in [4.69, 9.17) is 0 Å². The van der Waals surface area contributed by atoms with Crippen LogP contribution in [0.5, 0.6) is 0 Å². The molecule has 0 aromatic heterocycles. The van der Waals surface area contributed by atoms with Gasteiger partial charge in [0, 0.05) is 23.9 Å². The second kappa shape index (κ2) is 7.12. The predicted octanol–water partition coefficient (Wildman–Crippen LogP) is 1.63. The Balaban J connectivity index is 3.42. The molecule has 0 bridgehead atoms.